The number of hydrogen-bond donors (Lipinski definition) is 2. The Morgan fingerprint density at radius 3 is 2.65 bits per heavy atom. The fraction of sp³-hybridized carbons (Fsp3) is 0.867. The predicted molar refractivity (Wildman–Crippen MR) is 80.3 cm³/mol. The van der Waals surface area contributed by atoms with Gasteiger partial charge in [-0.1, -0.05) is 13.8 Å². The van der Waals surface area contributed by atoms with Gasteiger partial charge in [-0.05, 0) is 33.2 Å². The molecule has 0 aromatic rings. The molecule has 1 saturated heterocycles. The molecule has 1 aliphatic rings. The summed E-state index contributed by atoms with van der Waals surface area (Å²) in [6.07, 6.45) is 2.65. The number of likely N-dealkylation sites (tertiary alicyclic amines) is 1. The van der Waals surface area contributed by atoms with Crippen molar-refractivity contribution in [3.05, 3.63) is 0 Å². The molecule has 1 fully saturated rings. The summed E-state index contributed by atoms with van der Waals surface area (Å²) in [5, 5.41) is 6.06. The predicted octanol–water partition coefficient (Wildman–Crippen LogP) is 0.995. The molecule has 5 nitrogen and oxygen atoms in total. The number of nitrogens with one attached hydrogen (secondary N) is 2. The SMILES string of the molecule is CCC(C)C(=O)N1CCCC(C(=O)NCC(C)NC)C1. The van der Waals surface area contributed by atoms with Crippen LogP contribution in [0.3, 0.4) is 0 Å². The number of nitrogens with zero attached hydrogens (tertiary/aromatic N) is 1. The van der Waals surface area contributed by atoms with Crippen molar-refractivity contribution < 1.29 is 9.59 Å². The summed E-state index contributed by atoms with van der Waals surface area (Å²) < 4.78 is 0. The Balaban J connectivity index is 2.47. The topological polar surface area (TPSA) is 61.4 Å². The summed E-state index contributed by atoms with van der Waals surface area (Å²) in [6.45, 7) is 8.00. The van der Waals surface area contributed by atoms with Crippen LogP contribution in [0.5, 0.6) is 0 Å². The van der Waals surface area contributed by atoms with Gasteiger partial charge < -0.3 is 15.5 Å². The fourth-order valence-corrected chi connectivity index (χ4v) is 2.38. The van der Waals surface area contributed by atoms with E-state index in [4.69, 9.17) is 0 Å². The highest BCUT2D eigenvalue weighted by Gasteiger charge is 2.29. The number of carbonyl (C=O) groups excluding carboxylic acids is 2. The minimum Gasteiger partial charge on any atom is -0.354 e. The molecule has 2 amide bonds. The molecule has 20 heavy (non-hydrogen) atoms. The standard InChI is InChI=1S/C15H29N3O2/c1-5-11(2)15(20)18-8-6-7-13(10-18)14(19)17-9-12(3)16-4/h11-13,16H,5-10H2,1-4H3,(H,17,19). The average molecular weight is 283 g/mol. The molecule has 0 spiro atoms. The van der Waals surface area contributed by atoms with Gasteiger partial charge in [0.15, 0.2) is 0 Å². The van der Waals surface area contributed by atoms with Crippen LogP contribution in [0.2, 0.25) is 0 Å². The van der Waals surface area contributed by atoms with Gasteiger partial charge in [-0.2, -0.15) is 0 Å². The Bertz CT molecular complexity index is 333. The van der Waals surface area contributed by atoms with Crippen molar-refractivity contribution in [2.24, 2.45) is 11.8 Å². The first-order valence-corrected chi connectivity index (χ1v) is 7.73. The quantitative estimate of drug-likeness (QED) is 0.764. The first kappa shape index (κ1) is 17.0. The lowest BCUT2D eigenvalue weighted by Crippen LogP contribution is -2.48. The van der Waals surface area contributed by atoms with E-state index in [0.717, 1.165) is 25.8 Å². The van der Waals surface area contributed by atoms with Gasteiger partial charge in [0.1, 0.15) is 0 Å². The van der Waals surface area contributed by atoms with Crippen molar-refractivity contribution in [1.29, 1.82) is 0 Å². The minimum absolute atomic E-state index is 0.0548. The van der Waals surface area contributed by atoms with Crippen LogP contribution in [-0.4, -0.2) is 49.4 Å². The number of rotatable bonds is 6. The van der Waals surface area contributed by atoms with Crippen LogP contribution in [-0.2, 0) is 9.59 Å². The molecular formula is C15H29N3O2. The van der Waals surface area contributed by atoms with E-state index in [1.54, 1.807) is 0 Å². The van der Waals surface area contributed by atoms with Crippen LogP contribution >= 0.6 is 0 Å². The summed E-state index contributed by atoms with van der Waals surface area (Å²) in [7, 11) is 1.88. The van der Waals surface area contributed by atoms with Gasteiger partial charge >= 0.3 is 0 Å². The molecule has 0 radical (unpaired) electrons. The van der Waals surface area contributed by atoms with Gasteiger partial charge in [0.05, 0.1) is 5.92 Å². The molecule has 1 heterocycles. The van der Waals surface area contributed by atoms with Gasteiger partial charge in [-0.15, -0.1) is 0 Å². The number of piperidine rings is 1. The molecule has 0 aromatic heterocycles. The third-order valence-corrected chi connectivity index (χ3v) is 4.21. The molecular weight excluding hydrogens is 254 g/mol. The first-order chi connectivity index (χ1) is 9.49. The molecule has 116 valence electrons. The van der Waals surface area contributed by atoms with Crippen LogP contribution in [0.1, 0.15) is 40.0 Å². The van der Waals surface area contributed by atoms with E-state index < -0.39 is 0 Å². The van der Waals surface area contributed by atoms with E-state index in [9.17, 15) is 9.59 Å². The molecule has 0 saturated carbocycles. The lowest BCUT2D eigenvalue weighted by molar-refractivity contribution is -0.138. The van der Waals surface area contributed by atoms with E-state index >= 15 is 0 Å². The fourth-order valence-electron chi connectivity index (χ4n) is 2.38. The molecule has 3 atom stereocenters. The zero-order chi connectivity index (χ0) is 15.1. The minimum atomic E-state index is -0.0548. The maximum Gasteiger partial charge on any atom is 0.225 e. The molecule has 5 heteroatoms. The van der Waals surface area contributed by atoms with Crippen molar-refractivity contribution in [2.75, 3.05) is 26.7 Å². The smallest absolute Gasteiger partial charge is 0.225 e. The van der Waals surface area contributed by atoms with Gasteiger partial charge in [0, 0.05) is 31.6 Å². The Hall–Kier alpha value is -1.10. The van der Waals surface area contributed by atoms with E-state index in [-0.39, 0.29) is 29.7 Å². The number of hydrogen-bond acceptors (Lipinski definition) is 3. The summed E-state index contributed by atoms with van der Waals surface area (Å²) in [5.74, 6) is 0.268. The van der Waals surface area contributed by atoms with E-state index in [0.29, 0.717) is 13.1 Å². The van der Waals surface area contributed by atoms with Crippen LogP contribution in [0.25, 0.3) is 0 Å². The molecule has 3 unspecified atom stereocenters. The van der Waals surface area contributed by atoms with Gasteiger partial charge in [-0.3, -0.25) is 9.59 Å². The number of likely N-dealkylation sites (N-methyl/N-ethyl adjacent to an activating group) is 1. The maximum atomic E-state index is 12.2. The van der Waals surface area contributed by atoms with Gasteiger partial charge in [0.2, 0.25) is 11.8 Å². The average Bonchev–Trinajstić information content (AvgIpc) is 2.50. The van der Waals surface area contributed by atoms with Crippen molar-refractivity contribution in [3.8, 4) is 0 Å². The molecule has 0 aliphatic carbocycles. The largest absolute Gasteiger partial charge is 0.354 e. The first-order valence-electron chi connectivity index (χ1n) is 7.73. The second-order valence-electron chi connectivity index (χ2n) is 5.87. The monoisotopic (exact) mass is 283 g/mol. The highest BCUT2D eigenvalue weighted by molar-refractivity contribution is 5.82. The molecule has 2 N–H and O–H groups in total. The van der Waals surface area contributed by atoms with Crippen LogP contribution in [0.15, 0.2) is 0 Å². The maximum absolute atomic E-state index is 12.2. The summed E-state index contributed by atoms with van der Waals surface area (Å²) in [6, 6.07) is 0.264. The number of amides is 2. The third-order valence-electron chi connectivity index (χ3n) is 4.21. The molecule has 0 bridgehead atoms. The normalized spacial score (nSPS) is 22.2. The molecule has 0 aromatic carbocycles. The Kier molecular flexibility index (Phi) is 6.99. The summed E-state index contributed by atoms with van der Waals surface area (Å²) >= 11 is 0. The zero-order valence-corrected chi connectivity index (χ0v) is 13.2. The Morgan fingerprint density at radius 2 is 2.05 bits per heavy atom. The van der Waals surface area contributed by atoms with Crippen LogP contribution < -0.4 is 10.6 Å². The molecule has 1 rings (SSSR count). The van der Waals surface area contributed by atoms with Crippen molar-refractivity contribution in [3.63, 3.8) is 0 Å². The van der Waals surface area contributed by atoms with Crippen molar-refractivity contribution in [2.45, 2.75) is 46.1 Å². The van der Waals surface area contributed by atoms with Crippen molar-refractivity contribution >= 4 is 11.8 Å². The summed E-state index contributed by atoms with van der Waals surface area (Å²) in [4.78, 5) is 26.2. The highest BCUT2D eigenvalue weighted by atomic mass is 16.2. The Morgan fingerprint density at radius 1 is 1.35 bits per heavy atom. The van der Waals surface area contributed by atoms with E-state index in [1.807, 2.05) is 32.7 Å². The highest BCUT2D eigenvalue weighted by Crippen LogP contribution is 2.19. The summed E-state index contributed by atoms with van der Waals surface area (Å²) in [5.41, 5.74) is 0. The Labute approximate surface area is 122 Å². The van der Waals surface area contributed by atoms with E-state index in [2.05, 4.69) is 10.6 Å². The van der Waals surface area contributed by atoms with E-state index in [1.165, 1.54) is 0 Å². The second kappa shape index (κ2) is 8.25. The van der Waals surface area contributed by atoms with Crippen LogP contribution in [0, 0.1) is 11.8 Å². The van der Waals surface area contributed by atoms with Crippen molar-refractivity contribution in [1.82, 2.24) is 15.5 Å². The number of carbonyl (C=O) groups is 2. The lowest BCUT2D eigenvalue weighted by atomic mass is 9.95. The zero-order valence-electron chi connectivity index (χ0n) is 13.2. The molecule has 1 aliphatic heterocycles. The second-order valence-corrected chi connectivity index (χ2v) is 5.87. The third kappa shape index (κ3) is 4.78. The van der Waals surface area contributed by atoms with Crippen LogP contribution in [0.4, 0.5) is 0 Å². The van der Waals surface area contributed by atoms with Gasteiger partial charge in [-0.25, -0.2) is 0 Å². The van der Waals surface area contributed by atoms with Gasteiger partial charge in [0.25, 0.3) is 0 Å². The lowest BCUT2D eigenvalue weighted by Gasteiger charge is -2.33.